The minimum absolute atomic E-state index is 0.0463. The predicted octanol–water partition coefficient (Wildman–Crippen LogP) is 0.925. The van der Waals surface area contributed by atoms with Crippen LogP contribution in [0.4, 0.5) is 0 Å². The molecular weight excluding hydrogens is 244 g/mol. The standard InChI is InChI=1S/C13H14N4O2/c18-12(15-10-6-7-10)8-19-13-14-9-17(16-13)11-4-2-1-3-5-11/h1-5,9-10H,6-8H2,(H,15,18). The molecule has 1 amide bonds. The summed E-state index contributed by atoms with van der Waals surface area (Å²) in [6.07, 6.45) is 3.68. The summed E-state index contributed by atoms with van der Waals surface area (Å²) in [5.41, 5.74) is 0.896. The zero-order valence-electron chi connectivity index (χ0n) is 10.3. The molecule has 0 spiro atoms. The van der Waals surface area contributed by atoms with Crippen LogP contribution in [-0.4, -0.2) is 33.3 Å². The van der Waals surface area contributed by atoms with Crippen molar-refractivity contribution in [3.63, 3.8) is 0 Å². The molecule has 19 heavy (non-hydrogen) atoms. The highest BCUT2D eigenvalue weighted by molar-refractivity contribution is 5.78. The van der Waals surface area contributed by atoms with E-state index < -0.39 is 0 Å². The van der Waals surface area contributed by atoms with Crippen molar-refractivity contribution in [1.82, 2.24) is 20.1 Å². The van der Waals surface area contributed by atoms with Crippen LogP contribution in [0.1, 0.15) is 12.8 Å². The largest absolute Gasteiger partial charge is 0.452 e. The van der Waals surface area contributed by atoms with Gasteiger partial charge >= 0.3 is 6.01 Å². The van der Waals surface area contributed by atoms with Gasteiger partial charge in [0.05, 0.1) is 5.69 Å². The Labute approximate surface area is 110 Å². The molecular formula is C13H14N4O2. The first-order valence-electron chi connectivity index (χ1n) is 6.20. The summed E-state index contributed by atoms with van der Waals surface area (Å²) in [4.78, 5) is 15.5. The average Bonchev–Trinajstić information content (AvgIpc) is 3.12. The summed E-state index contributed by atoms with van der Waals surface area (Å²) in [6.45, 7) is -0.0463. The van der Waals surface area contributed by atoms with Crippen LogP contribution >= 0.6 is 0 Å². The van der Waals surface area contributed by atoms with Crippen LogP contribution in [0.5, 0.6) is 6.01 Å². The molecule has 0 atom stereocenters. The molecule has 0 saturated heterocycles. The van der Waals surface area contributed by atoms with Crippen LogP contribution in [0.3, 0.4) is 0 Å². The van der Waals surface area contributed by atoms with E-state index >= 15 is 0 Å². The molecule has 6 heteroatoms. The Hall–Kier alpha value is -2.37. The third-order valence-corrected chi connectivity index (χ3v) is 2.77. The first-order valence-corrected chi connectivity index (χ1v) is 6.20. The summed E-state index contributed by atoms with van der Waals surface area (Å²) >= 11 is 0. The molecule has 1 aliphatic rings. The Morgan fingerprint density at radius 3 is 2.89 bits per heavy atom. The summed E-state index contributed by atoms with van der Waals surface area (Å²) in [6, 6.07) is 10.1. The molecule has 0 bridgehead atoms. The van der Waals surface area contributed by atoms with E-state index in [4.69, 9.17) is 4.74 Å². The second-order valence-electron chi connectivity index (χ2n) is 4.44. The number of rotatable bonds is 5. The molecule has 1 aromatic carbocycles. The Balaban J connectivity index is 1.57. The zero-order valence-corrected chi connectivity index (χ0v) is 10.3. The van der Waals surface area contributed by atoms with Crippen LogP contribution in [0.15, 0.2) is 36.7 Å². The molecule has 1 aliphatic carbocycles. The molecule has 1 N–H and O–H groups in total. The van der Waals surface area contributed by atoms with Gasteiger partial charge in [-0.1, -0.05) is 18.2 Å². The molecule has 3 rings (SSSR count). The van der Waals surface area contributed by atoms with Gasteiger partial charge in [0.25, 0.3) is 5.91 Å². The molecule has 1 saturated carbocycles. The zero-order chi connectivity index (χ0) is 13.1. The van der Waals surface area contributed by atoms with Gasteiger partial charge in [0.15, 0.2) is 6.61 Å². The van der Waals surface area contributed by atoms with E-state index in [9.17, 15) is 4.79 Å². The highest BCUT2D eigenvalue weighted by Gasteiger charge is 2.23. The van der Waals surface area contributed by atoms with Crippen molar-refractivity contribution in [2.24, 2.45) is 0 Å². The Kier molecular flexibility index (Phi) is 3.14. The van der Waals surface area contributed by atoms with Crippen molar-refractivity contribution in [2.75, 3.05) is 6.61 Å². The molecule has 1 fully saturated rings. The average molecular weight is 258 g/mol. The molecule has 6 nitrogen and oxygen atoms in total. The third-order valence-electron chi connectivity index (χ3n) is 2.77. The summed E-state index contributed by atoms with van der Waals surface area (Å²) in [5, 5.41) is 6.99. The monoisotopic (exact) mass is 258 g/mol. The van der Waals surface area contributed by atoms with E-state index in [-0.39, 0.29) is 18.5 Å². The summed E-state index contributed by atoms with van der Waals surface area (Å²) in [5.74, 6) is -0.126. The van der Waals surface area contributed by atoms with Crippen molar-refractivity contribution in [1.29, 1.82) is 0 Å². The van der Waals surface area contributed by atoms with E-state index in [1.54, 1.807) is 11.0 Å². The number of nitrogens with one attached hydrogen (secondary N) is 1. The minimum atomic E-state index is -0.126. The van der Waals surface area contributed by atoms with Gasteiger partial charge in [0.1, 0.15) is 6.33 Å². The number of carbonyl (C=O) groups is 1. The molecule has 0 unspecified atom stereocenters. The van der Waals surface area contributed by atoms with Gasteiger partial charge in [-0.15, -0.1) is 5.10 Å². The highest BCUT2D eigenvalue weighted by atomic mass is 16.5. The van der Waals surface area contributed by atoms with Gasteiger partial charge in [0, 0.05) is 6.04 Å². The number of para-hydroxylation sites is 1. The number of nitrogens with zero attached hydrogens (tertiary/aromatic N) is 3. The van der Waals surface area contributed by atoms with Crippen molar-refractivity contribution in [3.05, 3.63) is 36.7 Å². The second kappa shape index (κ2) is 5.09. The Morgan fingerprint density at radius 1 is 1.37 bits per heavy atom. The number of aromatic nitrogens is 3. The van der Waals surface area contributed by atoms with Gasteiger partial charge in [-0.05, 0) is 25.0 Å². The van der Waals surface area contributed by atoms with Gasteiger partial charge in [0.2, 0.25) is 0 Å². The first-order chi connectivity index (χ1) is 9.31. The number of ether oxygens (including phenoxy) is 1. The fourth-order valence-electron chi connectivity index (χ4n) is 1.65. The van der Waals surface area contributed by atoms with E-state index in [1.807, 2.05) is 30.3 Å². The Morgan fingerprint density at radius 2 is 2.16 bits per heavy atom. The van der Waals surface area contributed by atoms with Crippen molar-refractivity contribution >= 4 is 5.91 Å². The number of carbonyl (C=O) groups excluding carboxylic acids is 1. The van der Waals surface area contributed by atoms with Gasteiger partial charge < -0.3 is 10.1 Å². The van der Waals surface area contributed by atoms with Crippen molar-refractivity contribution in [2.45, 2.75) is 18.9 Å². The maximum absolute atomic E-state index is 11.4. The molecule has 0 radical (unpaired) electrons. The predicted molar refractivity (Wildman–Crippen MR) is 68.0 cm³/mol. The van der Waals surface area contributed by atoms with Gasteiger partial charge in [-0.3, -0.25) is 4.79 Å². The van der Waals surface area contributed by atoms with Crippen LogP contribution in [0.2, 0.25) is 0 Å². The van der Waals surface area contributed by atoms with Crippen LogP contribution in [0.25, 0.3) is 5.69 Å². The van der Waals surface area contributed by atoms with E-state index in [2.05, 4.69) is 15.4 Å². The number of hydrogen-bond acceptors (Lipinski definition) is 4. The molecule has 0 aliphatic heterocycles. The van der Waals surface area contributed by atoms with Crippen LogP contribution in [0, 0.1) is 0 Å². The van der Waals surface area contributed by atoms with Gasteiger partial charge in [-0.25, -0.2) is 4.68 Å². The fourth-order valence-corrected chi connectivity index (χ4v) is 1.65. The van der Waals surface area contributed by atoms with E-state index in [0.717, 1.165) is 18.5 Å². The van der Waals surface area contributed by atoms with E-state index in [0.29, 0.717) is 6.04 Å². The van der Waals surface area contributed by atoms with Crippen molar-refractivity contribution in [3.8, 4) is 11.7 Å². The maximum atomic E-state index is 11.4. The first kappa shape index (κ1) is 11.7. The molecule has 98 valence electrons. The molecule has 2 aromatic rings. The van der Waals surface area contributed by atoms with Crippen molar-refractivity contribution < 1.29 is 9.53 Å². The Bertz CT molecular complexity index is 563. The smallest absolute Gasteiger partial charge is 0.336 e. The molecule has 1 aromatic heterocycles. The van der Waals surface area contributed by atoms with Crippen LogP contribution < -0.4 is 10.1 Å². The number of benzene rings is 1. The van der Waals surface area contributed by atoms with Crippen LogP contribution in [-0.2, 0) is 4.79 Å². The SMILES string of the molecule is O=C(COc1ncn(-c2ccccc2)n1)NC1CC1. The topological polar surface area (TPSA) is 69.0 Å². The maximum Gasteiger partial charge on any atom is 0.336 e. The minimum Gasteiger partial charge on any atom is -0.452 e. The fraction of sp³-hybridized carbons (Fsp3) is 0.308. The normalized spacial score (nSPS) is 14.1. The lowest BCUT2D eigenvalue weighted by Gasteiger charge is -2.02. The molecule has 1 heterocycles. The second-order valence-corrected chi connectivity index (χ2v) is 4.44. The quantitative estimate of drug-likeness (QED) is 0.866. The lowest BCUT2D eigenvalue weighted by atomic mass is 10.3. The highest BCUT2D eigenvalue weighted by Crippen LogP contribution is 2.18. The van der Waals surface area contributed by atoms with E-state index in [1.165, 1.54) is 0 Å². The lowest BCUT2D eigenvalue weighted by molar-refractivity contribution is -0.123. The lowest BCUT2D eigenvalue weighted by Crippen LogP contribution is -2.30. The number of hydrogen-bond donors (Lipinski definition) is 1. The third kappa shape index (κ3) is 3.09. The van der Waals surface area contributed by atoms with Gasteiger partial charge in [-0.2, -0.15) is 4.98 Å². The summed E-state index contributed by atoms with van der Waals surface area (Å²) < 4.78 is 6.85. The summed E-state index contributed by atoms with van der Waals surface area (Å²) in [7, 11) is 0. The number of amides is 1.